The molecule has 1 atom stereocenters. The summed E-state index contributed by atoms with van der Waals surface area (Å²) in [5.74, 6) is 0. The first-order valence-corrected chi connectivity index (χ1v) is 5.39. The van der Waals surface area contributed by atoms with Crippen molar-refractivity contribution in [1.29, 1.82) is 0 Å². The molecule has 0 aliphatic heterocycles. The van der Waals surface area contributed by atoms with Gasteiger partial charge in [0.1, 0.15) is 0 Å². The molecule has 0 saturated heterocycles. The number of aromatic nitrogens is 1. The van der Waals surface area contributed by atoms with Crippen molar-refractivity contribution >= 4 is 16.5 Å². The molecule has 0 aliphatic rings. The van der Waals surface area contributed by atoms with Crippen molar-refractivity contribution in [2.45, 2.75) is 26.3 Å². The standard InChI is InChI=1S/C9H17N3S/c1-4-5-12(3)9-11-6-8(13-9)7(2)10/h6-7H,4-5,10H2,1-3H3. The summed E-state index contributed by atoms with van der Waals surface area (Å²) in [7, 11) is 2.06. The van der Waals surface area contributed by atoms with Crippen LogP contribution in [0.3, 0.4) is 0 Å². The molecule has 0 radical (unpaired) electrons. The molecule has 0 aromatic carbocycles. The van der Waals surface area contributed by atoms with Gasteiger partial charge in [-0.25, -0.2) is 4.98 Å². The molecule has 0 amide bonds. The second-order valence-electron chi connectivity index (χ2n) is 3.26. The molecule has 3 nitrogen and oxygen atoms in total. The molecule has 1 unspecified atom stereocenters. The molecule has 1 aromatic heterocycles. The largest absolute Gasteiger partial charge is 0.351 e. The number of thiazole rings is 1. The molecule has 0 bridgehead atoms. The van der Waals surface area contributed by atoms with Gasteiger partial charge in [-0.2, -0.15) is 0 Å². The third kappa shape index (κ3) is 2.67. The monoisotopic (exact) mass is 199 g/mol. The van der Waals surface area contributed by atoms with Crippen LogP contribution in [0, 0.1) is 0 Å². The second kappa shape index (κ2) is 4.58. The third-order valence-corrected chi connectivity index (χ3v) is 3.16. The van der Waals surface area contributed by atoms with E-state index in [4.69, 9.17) is 5.73 Å². The Labute approximate surface area is 83.6 Å². The van der Waals surface area contributed by atoms with Crippen molar-refractivity contribution in [3.8, 4) is 0 Å². The minimum atomic E-state index is 0.0984. The van der Waals surface area contributed by atoms with Crippen molar-refractivity contribution in [3.63, 3.8) is 0 Å². The van der Waals surface area contributed by atoms with Gasteiger partial charge in [-0.3, -0.25) is 0 Å². The van der Waals surface area contributed by atoms with Crippen LogP contribution in [-0.4, -0.2) is 18.6 Å². The van der Waals surface area contributed by atoms with Crippen LogP contribution in [0.2, 0.25) is 0 Å². The zero-order chi connectivity index (χ0) is 9.84. The van der Waals surface area contributed by atoms with Gasteiger partial charge >= 0.3 is 0 Å². The van der Waals surface area contributed by atoms with E-state index < -0.39 is 0 Å². The van der Waals surface area contributed by atoms with Crippen molar-refractivity contribution in [1.82, 2.24) is 4.98 Å². The lowest BCUT2D eigenvalue weighted by molar-refractivity contribution is 0.833. The topological polar surface area (TPSA) is 42.2 Å². The van der Waals surface area contributed by atoms with E-state index >= 15 is 0 Å². The number of hydrogen-bond acceptors (Lipinski definition) is 4. The fourth-order valence-electron chi connectivity index (χ4n) is 1.10. The molecule has 0 fully saturated rings. The highest BCUT2D eigenvalue weighted by Gasteiger charge is 2.08. The molecule has 13 heavy (non-hydrogen) atoms. The molecule has 1 rings (SSSR count). The summed E-state index contributed by atoms with van der Waals surface area (Å²) in [6.07, 6.45) is 3.01. The quantitative estimate of drug-likeness (QED) is 0.806. The summed E-state index contributed by atoms with van der Waals surface area (Å²) in [5, 5.41) is 1.06. The Morgan fingerprint density at radius 2 is 2.38 bits per heavy atom. The number of nitrogens with zero attached hydrogens (tertiary/aromatic N) is 2. The van der Waals surface area contributed by atoms with Gasteiger partial charge in [-0.1, -0.05) is 6.92 Å². The Balaban J connectivity index is 2.67. The zero-order valence-electron chi connectivity index (χ0n) is 8.45. The van der Waals surface area contributed by atoms with Crippen LogP contribution in [0.4, 0.5) is 5.13 Å². The molecule has 0 spiro atoms. The summed E-state index contributed by atoms with van der Waals surface area (Å²) in [6, 6.07) is 0.0984. The van der Waals surface area contributed by atoms with Gasteiger partial charge < -0.3 is 10.6 Å². The molecule has 4 heteroatoms. The SMILES string of the molecule is CCCN(C)c1ncc(C(C)N)s1. The van der Waals surface area contributed by atoms with Crippen LogP contribution in [0.5, 0.6) is 0 Å². The molecule has 2 N–H and O–H groups in total. The van der Waals surface area contributed by atoms with E-state index in [-0.39, 0.29) is 6.04 Å². The van der Waals surface area contributed by atoms with E-state index in [2.05, 4.69) is 23.9 Å². The minimum absolute atomic E-state index is 0.0984. The molecule has 1 heterocycles. The number of anilines is 1. The Kier molecular flexibility index (Phi) is 3.69. The summed E-state index contributed by atoms with van der Waals surface area (Å²) < 4.78 is 0. The number of rotatable bonds is 4. The van der Waals surface area contributed by atoms with Crippen LogP contribution >= 0.6 is 11.3 Å². The first-order valence-electron chi connectivity index (χ1n) is 4.57. The second-order valence-corrected chi connectivity index (χ2v) is 4.30. The van der Waals surface area contributed by atoms with E-state index in [1.54, 1.807) is 11.3 Å². The van der Waals surface area contributed by atoms with E-state index in [0.29, 0.717) is 0 Å². The van der Waals surface area contributed by atoms with Crippen molar-refractivity contribution < 1.29 is 0 Å². The minimum Gasteiger partial charge on any atom is -0.351 e. The van der Waals surface area contributed by atoms with E-state index in [0.717, 1.165) is 23.0 Å². The van der Waals surface area contributed by atoms with Crippen LogP contribution in [0.1, 0.15) is 31.2 Å². The van der Waals surface area contributed by atoms with Crippen LogP contribution in [0.25, 0.3) is 0 Å². The lowest BCUT2D eigenvalue weighted by atomic mass is 10.3. The Morgan fingerprint density at radius 1 is 1.69 bits per heavy atom. The summed E-state index contributed by atoms with van der Waals surface area (Å²) >= 11 is 1.68. The van der Waals surface area contributed by atoms with Crippen LogP contribution in [-0.2, 0) is 0 Å². The van der Waals surface area contributed by atoms with Crippen LogP contribution < -0.4 is 10.6 Å². The fraction of sp³-hybridized carbons (Fsp3) is 0.667. The Bertz CT molecular complexity index is 257. The van der Waals surface area contributed by atoms with Crippen molar-refractivity contribution in [2.24, 2.45) is 5.73 Å². The smallest absolute Gasteiger partial charge is 0.185 e. The predicted molar refractivity (Wildman–Crippen MR) is 58.3 cm³/mol. The average Bonchev–Trinajstić information content (AvgIpc) is 2.52. The summed E-state index contributed by atoms with van der Waals surface area (Å²) in [5.41, 5.74) is 5.75. The normalized spacial score (nSPS) is 12.9. The maximum absolute atomic E-state index is 5.75. The van der Waals surface area contributed by atoms with Gasteiger partial charge in [0.15, 0.2) is 5.13 Å². The van der Waals surface area contributed by atoms with Gasteiger partial charge in [0.05, 0.1) is 0 Å². The van der Waals surface area contributed by atoms with E-state index in [1.165, 1.54) is 0 Å². The number of hydrogen-bond donors (Lipinski definition) is 1. The van der Waals surface area contributed by atoms with E-state index in [9.17, 15) is 0 Å². The zero-order valence-corrected chi connectivity index (χ0v) is 9.27. The molecular weight excluding hydrogens is 182 g/mol. The lowest BCUT2D eigenvalue weighted by Crippen LogP contribution is -2.17. The summed E-state index contributed by atoms with van der Waals surface area (Å²) in [6.45, 7) is 5.19. The molecule has 74 valence electrons. The van der Waals surface area contributed by atoms with E-state index in [1.807, 2.05) is 13.1 Å². The van der Waals surface area contributed by atoms with Gasteiger partial charge in [-0.15, -0.1) is 11.3 Å². The van der Waals surface area contributed by atoms with Gasteiger partial charge in [0.2, 0.25) is 0 Å². The highest BCUT2D eigenvalue weighted by Crippen LogP contribution is 2.25. The van der Waals surface area contributed by atoms with Crippen molar-refractivity contribution in [3.05, 3.63) is 11.1 Å². The molecular formula is C9H17N3S. The average molecular weight is 199 g/mol. The molecule has 0 saturated carbocycles. The molecule has 1 aromatic rings. The highest BCUT2D eigenvalue weighted by molar-refractivity contribution is 7.15. The Hall–Kier alpha value is -0.610. The first-order chi connectivity index (χ1) is 6.15. The lowest BCUT2D eigenvalue weighted by Gasteiger charge is -2.13. The fourth-order valence-corrected chi connectivity index (χ4v) is 1.95. The van der Waals surface area contributed by atoms with Gasteiger partial charge in [-0.05, 0) is 13.3 Å². The third-order valence-electron chi connectivity index (χ3n) is 1.85. The Morgan fingerprint density at radius 3 is 2.85 bits per heavy atom. The van der Waals surface area contributed by atoms with Crippen molar-refractivity contribution in [2.75, 3.05) is 18.5 Å². The summed E-state index contributed by atoms with van der Waals surface area (Å²) in [4.78, 5) is 7.63. The van der Waals surface area contributed by atoms with Gasteiger partial charge in [0, 0.05) is 30.7 Å². The maximum atomic E-state index is 5.75. The van der Waals surface area contributed by atoms with Crippen LogP contribution in [0.15, 0.2) is 6.20 Å². The van der Waals surface area contributed by atoms with Gasteiger partial charge in [0.25, 0.3) is 0 Å². The highest BCUT2D eigenvalue weighted by atomic mass is 32.1. The predicted octanol–water partition coefficient (Wildman–Crippen LogP) is 2.01. The number of nitrogens with two attached hydrogens (primary N) is 1. The maximum Gasteiger partial charge on any atom is 0.185 e. The first kappa shape index (κ1) is 10.5. The molecule has 0 aliphatic carbocycles.